The summed E-state index contributed by atoms with van der Waals surface area (Å²) in [7, 11) is 6.90. The standard InChI is InChI=1S/C70H77N9O11/c1-41-63(76-58(83)38-79(2,3)4)65(84)68(56(40-81)88-41)90-70-64(66(85)67(87-5)55(39-80)89-70)75-57(82)37-77-33-35-78(36-34-77)69(86)46-23-21-45(22-24-46)62-53-31-29-51(73-53)60(43-17-11-7-12-18-43)49-27-25-47(71-49)59(42-15-9-6-10-16-42)48-26-28-50(72-48)61(44-19-13-8-14-20-44)52-30-32-54(62)74-52/h6-25,27,29-32,41,55-56,63-68,70,80-81,84-85H,26,28,33-40H2,1-5H3,(H3-,71,72,73,74,75,76,82,83,86)/p+1/t41-,55?,56?,63?,64?,65+,66+,67+,68+,70-/m0/s1. The average molecular weight is 1220 g/mol. The number of benzene rings is 4. The van der Waals surface area contributed by atoms with Gasteiger partial charge in [0, 0.05) is 83.2 Å². The number of hydrogen-bond donors (Lipinski definition) is 8. The number of H-pyrrole nitrogens is 2. The van der Waals surface area contributed by atoms with Crippen molar-refractivity contribution in [3.8, 4) is 44.5 Å². The molecule has 10 atom stereocenters. The first-order valence-electron chi connectivity index (χ1n) is 30.8. The van der Waals surface area contributed by atoms with Crippen LogP contribution >= 0.6 is 0 Å². The lowest BCUT2D eigenvalue weighted by molar-refractivity contribution is -0.862. The summed E-state index contributed by atoms with van der Waals surface area (Å²) >= 11 is 0. The highest BCUT2D eigenvalue weighted by atomic mass is 16.7. The van der Waals surface area contributed by atoms with Crippen LogP contribution < -0.4 is 10.6 Å². The second-order valence-electron chi connectivity index (χ2n) is 24.7. The van der Waals surface area contributed by atoms with Crippen molar-refractivity contribution in [2.24, 2.45) is 0 Å². The summed E-state index contributed by atoms with van der Waals surface area (Å²) in [6, 6.07) is 45.0. The predicted molar refractivity (Wildman–Crippen MR) is 343 cm³/mol. The van der Waals surface area contributed by atoms with Crippen LogP contribution in [0.3, 0.4) is 0 Å². The first-order chi connectivity index (χ1) is 43.6. The minimum Gasteiger partial charge on any atom is -0.394 e. The molecule has 8 N–H and O–H groups in total. The van der Waals surface area contributed by atoms with Gasteiger partial charge in [-0.25, -0.2) is 4.98 Å². The van der Waals surface area contributed by atoms with Crippen LogP contribution in [0.15, 0.2) is 140 Å². The molecule has 5 aliphatic rings. The molecular formula is C70H78N9O11+. The molecule has 20 heteroatoms. The first kappa shape index (κ1) is 62.0. The fourth-order valence-electron chi connectivity index (χ4n) is 13.1. The number of carbonyl (C=O) groups is 3. The Hall–Kier alpha value is -8.25. The molecule has 5 aliphatic heterocycles. The fourth-order valence-corrected chi connectivity index (χ4v) is 13.1. The van der Waals surface area contributed by atoms with Crippen LogP contribution in [0.1, 0.15) is 40.1 Å². The fraction of sp³-hybridized carbons (Fsp3) is 0.357. The highest BCUT2D eigenvalue weighted by Crippen LogP contribution is 2.39. The number of aliphatic hydroxyl groups is 4. The summed E-state index contributed by atoms with van der Waals surface area (Å²) in [6.45, 7) is 1.89. The molecule has 3 aromatic heterocycles. The monoisotopic (exact) mass is 1220 g/mol. The minimum absolute atomic E-state index is 0.107. The minimum atomic E-state index is -1.48. The van der Waals surface area contributed by atoms with Gasteiger partial charge in [0.05, 0.1) is 75.8 Å². The van der Waals surface area contributed by atoms with E-state index in [1.54, 1.807) is 11.8 Å². The third kappa shape index (κ3) is 13.0. The Balaban J connectivity index is 0.800. The number of hydrogen-bond acceptors (Lipinski definition) is 14. The maximum absolute atomic E-state index is 14.4. The Morgan fingerprint density at radius 3 is 1.56 bits per heavy atom. The number of fused-ring (bicyclic) bond motifs is 8. The van der Waals surface area contributed by atoms with Crippen molar-refractivity contribution in [1.29, 1.82) is 0 Å². The molecule has 0 saturated carbocycles. The average Bonchev–Trinajstić information content (AvgIpc) is 1.39. The van der Waals surface area contributed by atoms with Crippen molar-refractivity contribution in [2.45, 2.75) is 80.9 Å². The van der Waals surface area contributed by atoms with Gasteiger partial charge in [0.15, 0.2) is 12.8 Å². The van der Waals surface area contributed by atoms with E-state index in [0.29, 0.717) is 36.2 Å². The number of amides is 3. The van der Waals surface area contributed by atoms with Crippen LogP contribution in [0.4, 0.5) is 0 Å². The Kier molecular flexibility index (Phi) is 18.4. The number of methoxy groups -OCH3 is 1. The Morgan fingerprint density at radius 2 is 1.06 bits per heavy atom. The molecule has 4 unspecified atom stereocenters. The van der Waals surface area contributed by atoms with Crippen LogP contribution in [-0.2, 0) is 41.4 Å². The molecule has 12 rings (SSSR count). The number of aliphatic hydroxyl groups excluding tert-OH is 4. The van der Waals surface area contributed by atoms with Gasteiger partial charge in [-0.3, -0.25) is 24.3 Å². The van der Waals surface area contributed by atoms with E-state index >= 15 is 0 Å². The molecule has 20 nitrogen and oxygen atoms in total. The van der Waals surface area contributed by atoms with Crippen molar-refractivity contribution in [3.05, 3.63) is 168 Å². The van der Waals surface area contributed by atoms with Crippen LogP contribution in [-0.4, -0.2) is 214 Å². The third-order valence-corrected chi connectivity index (χ3v) is 17.5. The predicted octanol–water partition coefficient (Wildman–Crippen LogP) is 5.99. The molecule has 8 bridgehead atoms. The highest BCUT2D eigenvalue weighted by molar-refractivity contribution is 5.99. The maximum atomic E-state index is 14.4. The summed E-state index contributed by atoms with van der Waals surface area (Å²) < 4.78 is 24.4. The Bertz CT molecular complexity index is 3920. The van der Waals surface area contributed by atoms with Gasteiger partial charge in [-0.05, 0) is 90.6 Å². The number of aromatic amines is 2. The summed E-state index contributed by atoms with van der Waals surface area (Å²) in [4.78, 5) is 63.7. The van der Waals surface area contributed by atoms with E-state index in [2.05, 4.69) is 118 Å². The molecule has 0 radical (unpaired) electrons. The number of ether oxygens (including phenoxy) is 4. The molecular weight excluding hydrogens is 1140 g/mol. The normalized spacial score (nSPS) is 23.8. The molecule has 468 valence electrons. The number of aromatic nitrogens is 4. The van der Waals surface area contributed by atoms with Gasteiger partial charge < -0.3 is 69.4 Å². The van der Waals surface area contributed by atoms with Crippen LogP contribution in [0.2, 0.25) is 0 Å². The summed E-state index contributed by atoms with van der Waals surface area (Å²) in [5, 5.41) is 49.8. The number of likely N-dealkylation sites (N-methyl/N-ethyl adjacent to an activating group) is 1. The molecule has 3 amide bonds. The van der Waals surface area contributed by atoms with E-state index in [1.807, 2.05) is 80.6 Å². The molecule has 3 fully saturated rings. The van der Waals surface area contributed by atoms with Gasteiger partial charge in [-0.2, -0.15) is 0 Å². The van der Waals surface area contributed by atoms with Crippen molar-refractivity contribution in [2.75, 3.05) is 80.7 Å². The van der Waals surface area contributed by atoms with Crippen LogP contribution in [0.5, 0.6) is 0 Å². The van der Waals surface area contributed by atoms with Crippen molar-refractivity contribution < 1.29 is 58.2 Å². The van der Waals surface area contributed by atoms with Gasteiger partial charge in [0.1, 0.15) is 42.7 Å². The number of aryl methyl sites for hydroxylation is 2. The van der Waals surface area contributed by atoms with Gasteiger partial charge in [0.2, 0.25) is 5.91 Å². The van der Waals surface area contributed by atoms with E-state index in [0.717, 1.165) is 102 Å². The number of nitrogens with one attached hydrogen (secondary N) is 4. The van der Waals surface area contributed by atoms with E-state index in [9.17, 15) is 34.8 Å². The lowest BCUT2D eigenvalue weighted by Gasteiger charge is -2.48. The Morgan fingerprint density at radius 1 is 0.589 bits per heavy atom. The number of nitrogens with zero attached hydrogens (tertiary/aromatic N) is 5. The molecule has 4 aromatic carbocycles. The number of quaternary nitrogens is 1. The third-order valence-electron chi connectivity index (χ3n) is 17.5. The molecule has 0 spiro atoms. The van der Waals surface area contributed by atoms with Crippen molar-refractivity contribution in [3.63, 3.8) is 0 Å². The second kappa shape index (κ2) is 26.7. The second-order valence-corrected chi connectivity index (χ2v) is 24.7. The van der Waals surface area contributed by atoms with Crippen LogP contribution in [0, 0.1) is 0 Å². The van der Waals surface area contributed by atoms with Crippen molar-refractivity contribution >= 4 is 51.9 Å². The van der Waals surface area contributed by atoms with E-state index in [-0.39, 0.29) is 24.9 Å². The van der Waals surface area contributed by atoms with E-state index < -0.39 is 80.2 Å². The summed E-state index contributed by atoms with van der Waals surface area (Å²) in [5.74, 6) is -1.00. The molecule has 90 heavy (non-hydrogen) atoms. The molecule has 7 aromatic rings. The van der Waals surface area contributed by atoms with Gasteiger partial charge in [-0.1, -0.05) is 103 Å². The zero-order valence-corrected chi connectivity index (χ0v) is 51.2. The highest BCUT2D eigenvalue weighted by Gasteiger charge is 2.52. The summed E-state index contributed by atoms with van der Waals surface area (Å²) in [5.41, 5.74) is 15.5. The quantitative estimate of drug-likeness (QED) is 0.0518. The zero-order valence-electron chi connectivity index (χ0n) is 51.2. The maximum Gasteiger partial charge on any atom is 0.275 e. The zero-order chi connectivity index (χ0) is 62.8. The lowest BCUT2D eigenvalue weighted by atomic mass is 9.92. The summed E-state index contributed by atoms with van der Waals surface area (Å²) in [6.07, 6.45) is -4.04. The van der Waals surface area contributed by atoms with Gasteiger partial charge in [-0.15, -0.1) is 0 Å². The lowest BCUT2D eigenvalue weighted by Crippen LogP contribution is -2.69. The topological polar surface area (TPSA) is 257 Å². The number of carbonyl (C=O) groups excluding carboxylic acids is 3. The largest absolute Gasteiger partial charge is 0.394 e. The number of rotatable bonds is 16. The van der Waals surface area contributed by atoms with E-state index in [1.165, 1.54) is 7.11 Å². The van der Waals surface area contributed by atoms with Crippen LogP contribution in [0.25, 0.3) is 78.7 Å². The SMILES string of the molecule is CO[C@@H]1C(CO)O[C@@H](O[C@@H]2C(CO)O[C@@H](C)C(NC(=O)C[N+](C)(C)C)[C@H]2O)C(NC(=O)CN2CCN(C(=O)c3ccc(-c4c5nc(c(-c6ccccc6)c6ccc([nH]6)c(-c6ccccc6)c6nc(c(-c7ccccc7)c7ccc4[nH]7)CC6)C=C5)cc3)CC2)[C@H]1O. The first-order valence-corrected chi connectivity index (χ1v) is 30.8. The molecule has 0 aliphatic carbocycles. The molecule has 3 saturated heterocycles. The Labute approximate surface area is 522 Å². The molecule has 8 heterocycles. The van der Waals surface area contributed by atoms with E-state index in [4.69, 9.17) is 28.9 Å². The smallest absolute Gasteiger partial charge is 0.275 e. The number of piperazine rings is 1. The van der Waals surface area contributed by atoms with Gasteiger partial charge >= 0.3 is 0 Å². The van der Waals surface area contributed by atoms with Crippen molar-refractivity contribution in [1.82, 2.24) is 40.4 Å². The van der Waals surface area contributed by atoms with Gasteiger partial charge in [0.25, 0.3) is 11.8 Å².